The van der Waals surface area contributed by atoms with Gasteiger partial charge < -0.3 is 14.8 Å². The van der Waals surface area contributed by atoms with Gasteiger partial charge in [0.1, 0.15) is 5.76 Å². The number of anilines is 1. The Morgan fingerprint density at radius 1 is 1.06 bits per heavy atom. The molecule has 6 nitrogen and oxygen atoms in total. The normalized spacial score (nSPS) is 11.8. The summed E-state index contributed by atoms with van der Waals surface area (Å²) in [7, 11) is -1.16. The summed E-state index contributed by atoms with van der Waals surface area (Å²) >= 11 is 0. The fourth-order valence-corrected chi connectivity index (χ4v) is 3.71. The highest BCUT2D eigenvalue weighted by Gasteiger charge is 2.12. The molecule has 162 valence electrons. The van der Waals surface area contributed by atoms with E-state index in [1.54, 1.807) is 0 Å². The van der Waals surface area contributed by atoms with Crippen molar-refractivity contribution in [2.75, 3.05) is 11.6 Å². The average molecular weight is 440 g/mol. The first-order valence-corrected chi connectivity index (χ1v) is 11.7. The van der Waals surface area contributed by atoms with E-state index in [-0.39, 0.29) is 29.6 Å². The van der Waals surface area contributed by atoms with Crippen LogP contribution in [0.15, 0.2) is 63.8 Å². The number of rotatable bonds is 9. The molecule has 3 rings (SSSR count). The molecule has 0 saturated heterocycles. The van der Waals surface area contributed by atoms with Crippen LogP contribution < -0.4 is 10.7 Å². The number of aromatic hydroxyl groups is 1. The first kappa shape index (κ1) is 22.5. The molecule has 0 spiro atoms. The van der Waals surface area contributed by atoms with Crippen LogP contribution in [0.25, 0.3) is 11.1 Å². The summed E-state index contributed by atoms with van der Waals surface area (Å²) in [5.41, 5.74) is 2.95. The van der Waals surface area contributed by atoms with E-state index < -0.39 is 22.0 Å². The van der Waals surface area contributed by atoms with Crippen LogP contribution in [0.1, 0.15) is 41.6 Å². The third-order valence-electron chi connectivity index (χ3n) is 4.74. The van der Waals surface area contributed by atoms with Crippen molar-refractivity contribution in [3.8, 4) is 16.9 Å². The Morgan fingerprint density at radius 3 is 2.26 bits per heavy atom. The third kappa shape index (κ3) is 5.92. The molecule has 7 heteroatoms. The lowest BCUT2D eigenvalue weighted by Crippen LogP contribution is -2.09. The Hall–Kier alpha value is -3.19. The van der Waals surface area contributed by atoms with Crippen molar-refractivity contribution < 1.29 is 18.5 Å². The van der Waals surface area contributed by atoms with Crippen molar-refractivity contribution in [1.29, 1.82) is 0 Å². The lowest BCUT2D eigenvalue weighted by molar-refractivity contribution is 0.0981. The summed E-state index contributed by atoms with van der Waals surface area (Å²) < 4.78 is 16.9. The molecule has 0 aliphatic carbocycles. The van der Waals surface area contributed by atoms with Gasteiger partial charge in [-0.2, -0.15) is 0 Å². The number of Topliss-reactive ketones (excluding diaryl/α,β-unsaturated/α-hetero) is 1. The Bertz CT molecular complexity index is 1130. The van der Waals surface area contributed by atoms with Crippen molar-refractivity contribution in [2.24, 2.45) is 0 Å². The van der Waals surface area contributed by atoms with Gasteiger partial charge in [-0.1, -0.05) is 43.3 Å². The summed E-state index contributed by atoms with van der Waals surface area (Å²) in [6, 6.07) is 16.4. The number of carbonyl (C=O) groups excluding carboxylic acids is 1. The summed E-state index contributed by atoms with van der Waals surface area (Å²) in [5, 5.41) is 13.1. The van der Waals surface area contributed by atoms with E-state index in [1.807, 2.05) is 55.5 Å². The van der Waals surface area contributed by atoms with E-state index in [9.17, 15) is 18.9 Å². The molecule has 2 N–H and O–H groups in total. The highest BCUT2D eigenvalue weighted by Crippen LogP contribution is 2.23. The van der Waals surface area contributed by atoms with Crippen molar-refractivity contribution >= 4 is 22.3 Å². The molecule has 1 unspecified atom stereocenters. The van der Waals surface area contributed by atoms with Gasteiger partial charge in [0.2, 0.25) is 11.2 Å². The first-order chi connectivity index (χ1) is 14.9. The van der Waals surface area contributed by atoms with Gasteiger partial charge in [0, 0.05) is 40.8 Å². The number of nitrogens with one attached hydrogen (secondary N) is 1. The van der Waals surface area contributed by atoms with Crippen LogP contribution in [-0.4, -0.2) is 21.4 Å². The highest BCUT2D eigenvalue weighted by molar-refractivity contribution is 7.83. The fraction of sp³-hybridized carbons (Fsp3) is 0.250. The molecule has 0 aliphatic heterocycles. The van der Waals surface area contributed by atoms with Crippen LogP contribution in [0.2, 0.25) is 0 Å². The molecule has 1 aromatic heterocycles. The third-order valence-corrected chi connectivity index (χ3v) is 5.44. The smallest absolute Gasteiger partial charge is 0.227 e. The summed E-state index contributed by atoms with van der Waals surface area (Å²) in [6.45, 7) is 2.10. The van der Waals surface area contributed by atoms with Gasteiger partial charge in [0.25, 0.3) is 0 Å². The Balaban J connectivity index is 1.69. The quantitative estimate of drug-likeness (QED) is 0.477. The van der Waals surface area contributed by atoms with Crippen LogP contribution in [0.3, 0.4) is 0 Å². The first-order valence-electron chi connectivity index (χ1n) is 10.00. The molecule has 0 amide bonds. The van der Waals surface area contributed by atoms with Gasteiger partial charge in [-0.05, 0) is 29.7 Å². The minimum absolute atomic E-state index is 0.101. The predicted molar refractivity (Wildman–Crippen MR) is 123 cm³/mol. The highest BCUT2D eigenvalue weighted by atomic mass is 32.2. The minimum atomic E-state index is -1.16. The second-order valence-corrected chi connectivity index (χ2v) is 8.68. The van der Waals surface area contributed by atoms with Crippen LogP contribution in [-0.2, 0) is 23.1 Å². The number of carbonyl (C=O) groups is 1. The maximum absolute atomic E-state index is 12.0. The molecule has 0 aliphatic rings. The van der Waals surface area contributed by atoms with Crippen LogP contribution >= 0.6 is 0 Å². The molecular formula is C24H25NO5S. The van der Waals surface area contributed by atoms with Crippen molar-refractivity contribution in [1.82, 2.24) is 0 Å². The lowest BCUT2D eigenvalue weighted by Gasteiger charge is -2.10. The van der Waals surface area contributed by atoms with Crippen molar-refractivity contribution in [3.63, 3.8) is 0 Å². The molecule has 1 heterocycles. The zero-order chi connectivity index (χ0) is 22.4. The number of hydrogen-bond acceptors (Lipinski definition) is 6. The standard InChI is InChI=1S/C24H25NO5S/c1-3-4-21(26)18-7-5-16(6-8-18)17-9-11-19(12-10-17)25-14-23-24(28)22(27)13-20(30-23)15-31(2)29/h5-13,25,28H,3-4,14-15H2,1-2H3. The number of benzene rings is 2. The summed E-state index contributed by atoms with van der Waals surface area (Å²) in [6.07, 6.45) is 2.90. The maximum atomic E-state index is 12.0. The van der Waals surface area contributed by atoms with E-state index in [4.69, 9.17) is 4.42 Å². The Labute approximate surface area is 183 Å². The van der Waals surface area contributed by atoms with Gasteiger partial charge >= 0.3 is 0 Å². The fourth-order valence-electron chi connectivity index (χ4n) is 3.16. The van der Waals surface area contributed by atoms with Gasteiger partial charge in [-0.15, -0.1) is 0 Å². The molecule has 31 heavy (non-hydrogen) atoms. The summed E-state index contributed by atoms with van der Waals surface area (Å²) in [4.78, 5) is 23.9. The SMILES string of the molecule is CCCC(=O)c1ccc(-c2ccc(NCc3oc(CS(C)=O)cc(=O)c3O)cc2)cc1. The van der Waals surface area contributed by atoms with Gasteiger partial charge in [0.15, 0.2) is 11.5 Å². The topological polar surface area (TPSA) is 96.6 Å². The lowest BCUT2D eigenvalue weighted by atomic mass is 10.0. The van der Waals surface area contributed by atoms with Gasteiger partial charge in [0.05, 0.1) is 12.3 Å². The second kappa shape index (κ2) is 10.2. The molecule has 0 saturated carbocycles. The minimum Gasteiger partial charge on any atom is -0.502 e. The zero-order valence-electron chi connectivity index (χ0n) is 17.5. The van der Waals surface area contributed by atoms with E-state index in [0.29, 0.717) is 6.42 Å². The molecule has 0 radical (unpaired) electrons. The van der Waals surface area contributed by atoms with E-state index in [0.717, 1.165) is 34.9 Å². The number of ketones is 1. The van der Waals surface area contributed by atoms with E-state index >= 15 is 0 Å². The zero-order valence-corrected chi connectivity index (χ0v) is 18.3. The predicted octanol–water partition coefficient (Wildman–Crippen LogP) is 4.49. The largest absolute Gasteiger partial charge is 0.502 e. The second-order valence-electron chi connectivity index (χ2n) is 7.25. The van der Waals surface area contributed by atoms with Gasteiger partial charge in [-0.3, -0.25) is 13.8 Å². The van der Waals surface area contributed by atoms with Gasteiger partial charge in [-0.25, -0.2) is 0 Å². The molecule has 0 bridgehead atoms. The van der Waals surface area contributed by atoms with E-state index in [2.05, 4.69) is 5.32 Å². The molecule has 1 atom stereocenters. The Kier molecular flexibility index (Phi) is 7.41. The average Bonchev–Trinajstić information content (AvgIpc) is 2.75. The van der Waals surface area contributed by atoms with Crippen LogP contribution in [0.4, 0.5) is 5.69 Å². The van der Waals surface area contributed by atoms with Crippen LogP contribution in [0.5, 0.6) is 5.75 Å². The monoisotopic (exact) mass is 439 g/mol. The van der Waals surface area contributed by atoms with E-state index in [1.165, 1.54) is 6.26 Å². The Morgan fingerprint density at radius 2 is 1.68 bits per heavy atom. The number of hydrogen-bond donors (Lipinski definition) is 2. The maximum Gasteiger partial charge on any atom is 0.227 e. The molecular weight excluding hydrogens is 414 g/mol. The molecule has 2 aromatic carbocycles. The summed E-state index contributed by atoms with van der Waals surface area (Å²) in [5.74, 6) is 0.186. The van der Waals surface area contributed by atoms with Crippen molar-refractivity contribution in [3.05, 3.63) is 81.9 Å². The van der Waals surface area contributed by atoms with Crippen molar-refractivity contribution in [2.45, 2.75) is 32.1 Å². The molecule has 0 fully saturated rings. The molecule has 3 aromatic rings. The van der Waals surface area contributed by atoms with Crippen LogP contribution in [0, 0.1) is 0 Å².